The van der Waals surface area contributed by atoms with Crippen LogP contribution in [0.2, 0.25) is 0 Å². The molecule has 6 nitrogen and oxygen atoms in total. The highest BCUT2D eigenvalue weighted by Gasteiger charge is 2.01. The van der Waals surface area contributed by atoms with Crippen molar-refractivity contribution < 1.29 is 0 Å². The monoisotopic (exact) mass is 577 g/mol. The standard InChI is InChI=1S/2C12H13NO.C9H7NO.C4H10/c2*1-2-9-13-11-6-4-3-5-10(11)7-8-12(13)14;11-9-6-5-7-3-1-2-4-8(7)10-9;1-3-4-2/h2*3-8H,2,9H2,1H3;1-6H,(H,10,11);3-4H2,1-2H3. The van der Waals surface area contributed by atoms with Gasteiger partial charge in [-0.3, -0.25) is 14.4 Å². The summed E-state index contributed by atoms with van der Waals surface area (Å²) >= 11 is 0. The van der Waals surface area contributed by atoms with Crippen LogP contribution in [0, 0.1) is 0 Å². The van der Waals surface area contributed by atoms with Crippen molar-refractivity contribution in [1.29, 1.82) is 0 Å². The Balaban J connectivity index is 0.000000167. The fourth-order valence-electron chi connectivity index (χ4n) is 4.49. The largest absolute Gasteiger partial charge is 0.322 e. The summed E-state index contributed by atoms with van der Waals surface area (Å²) in [6.45, 7) is 10.1. The zero-order chi connectivity index (χ0) is 31.0. The predicted molar refractivity (Wildman–Crippen MR) is 182 cm³/mol. The summed E-state index contributed by atoms with van der Waals surface area (Å²) in [5.41, 5.74) is 3.07. The summed E-state index contributed by atoms with van der Waals surface area (Å²) in [7, 11) is 0. The molecule has 0 radical (unpaired) electrons. The molecule has 6 heteroatoms. The number of aromatic nitrogens is 3. The molecule has 6 rings (SSSR count). The Bertz CT molecular complexity index is 1800. The van der Waals surface area contributed by atoms with Gasteiger partial charge in [0.2, 0.25) is 5.56 Å². The molecular weight excluding hydrogens is 534 g/mol. The SMILES string of the molecule is CCCC.CCCn1c(=O)ccc2ccccc21.CCCn1c(=O)ccc2ccccc21.O=c1ccc2ccccc2[nH]1. The van der Waals surface area contributed by atoms with Gasteiger partial charge in [0.1, 0.15) is 0 Å². The van der Waals surface area contributed by atoms with Gasteiger partial charge in [-0.1, -0.05) is 95.1 Å². The maximum absolute atomic E-state index is 11.6. The lowest BCUT2D eigenvalue weighted by Crippen LogP contribution is -2.18. The molecule has 0 aliphatic rings. The normalized spacial score (nSPS) is 10.2. The van der Waals surface area contributed by atoms with E-state index in [0.717, 1.165) is 58.6 Å². The van der Waals surface area contributed by atoms with E-state index < -0.39 is 0 Å². The molecule has 0 bridgehead atoms. The predicted octanol–water partition coefficient (Wildman–Crippen LogP) is 8.16. The third-order valence-corrected chi connectivity index (χ3v) is 6.83. The molecule has 1 N–H and O–H groups in total. The van der Waals surface area contributed by atoms with Crippen LogP contribution in [0.1, 0.15) is 53.4 Å². The first-order valence-corrected chi connectivity index (χ1v) is 15.2. The molecule has 0 saturated carbocycles. The Morgan fingerprint density at radius 1 is 0.465 bits per heavy atom. The molecule has 43 heavy (non-hydrogen) atoms. The molecule has 0 spiro atoms. The van der Waals surface area contributed by atoms with Crippen molar-refractivity contribution in [3.63, 3.8) is 0 Å². The molecule has 3 aromatic heterocycles. The number of nitrogens with one attached hydrogen (secondary N) is 1. The number of hydrogen-bond acceptors (Lipinski definition) is 3. The molecule has 3 heterocycles. The minimum Gasteiger partial charge on any atom is -0.322 e. The summed E-state index contributed by atoms with van der Waals surface area (Å²) in [5, 5.41) is 3.31. The Hall–Kier alpha value is -4.71. The number of fused-ring (bicyclic) bond motifs is 3. The zero-order valence-electron chi connectivity index (χ0n) is 25.8. The van der Waals surface area contributed by atoms with Crippen LogP contribution in [0.25, 0.3) is 32.7 Å². The third-order valence-electron chi connectivity index (χ3n) is 6.83. The molecular formula is C37H43N3O3. The Morgan fingerprint density at radius 3 is 1.35 bits per heavy atom. The first kappa shape index (κ1) is 32.8. The highest BCUT2D eigenvalue weighted by Crippen LogP contribution is 2.12. The number of pyridine rings is 3. The summed E-state index contributed by atoms with van der Waals surface area (Å²) in [5.74, 6) is 0. The smallest absolute Gasteiger partial charge is 0.251 e. The number of aryl methyl sites for hydroxylation is 2. The molecule has 0 fully saturated rings. The van der Waals surface area contributed by atoms with Crippen LogP contribution in [0.5, 0.6) is 0 Å². The maximum atomic E-state index is 11.6. The van der Waals surface area contributed by atoms with E-state index in [1.54, 1.807) is 12.1 Å². The van der Waals surface area contributed by atoms with E-state index in [9.17, 15) is 14.4 Å². The highest BCUT2D eigenvalue weighted by molar-refractivity contribution is 5.79. The molecule has 6 aromatic rings. The summed E-state index contributed by atoms with van der Waals surface area (Å²) in [6, 6.07) is 34.0. The Kier molecular flexibility index (Phi) is 13.2. The van der Waals surface area contributed by atoms with E-state index >= 15 is 0 Å². The van der Waals surface area contributed by atoms with Gasteiger partial charge in [-0.25, -0.2) is 0 Å². The molecule has 0 aliphatic carbocycles. The van der Waals surface area contributed by atoms with Gasteiger partial charge in [0.25, 0.3) is 11.1 Å². The van der Waals surface area contributed by atoms with Crippen molar-refractivity contribution in [1.82, 2.24) is 14.1 Å². The summed E-state index contributed by atoms with van der Waals surface area (Å²) < 4.78 is 3.66. The van der Waals surface area contributed by atoms with Gasteiger partial charge in [0.15, 0.2) is 0 Å². The quantitative estimate of drug-likeness (QED) is 0.225. The second kappa shape index (κ2) is 17.3. The maximum Gasteiger partial charge on any atom is 0.251 e. The first-order valence-electron chi connectivity index (χ1n) is 15.2. The fraction of sp³-hybridized carbons (Fsp3) is 0.270. The lowest BCUT2D eigenvalue weighted by atomic mass is 10.2. The van der Waals surface area contributed by atoms with Crippen LogP contribution in [-0.2, 0) is 13.1 Å². The molecule has 0 atom stereocenters. The van der Waals surface area contributed by atoms with Gasteiger partial charge in [0, 0.05) is 36.8 Å². The topological polar surface area (TPSA) is 76.9 Å². The highest BCUT2D eigenvalue weighted by atomic mass is 16.1. The van der Waals surface area contributed by atoms with E-state index in [4.69, 9.17) is 0 Å². The second-order valence-corrected chi connectivity index (χ2v) is 10.2. The van der Waals surface area contributed by atoms with Crippen molar-refractivity contribution in [2.45, 2.75) is 66.5 Å². The number of aromatic amines is 1. The van der Waals surface area contributed by atoms with Gasteiger partial charge in [0.05, 0.1) is 11.0 Å². The van der Waals surface area contributed by atoms with Crippen LogP contribution in [0.4, 0.5) is 0 Å². The number of benzene rings is 3. The van der Waals surface area contributed by atoms with E-state index in [1.807, 2.05) is 100 Å². The van der Waals surface area contributed by atoms with Crippen LogP contribution < -0.4 is 16.7 Å². The average molecular weight is 578 g/mol. The minimum absolute atomic E-state index is 0.0521. The van der Waals surface area contributed by atoms with E-state index in [-0.39, 0.29) is 16.7 Å². The van der Waals surface area contributed by atoms with Gasteiger partial charge < -0.3 is 14.1 Å². The van der Waals surface area contributed by atoms with E-state index in [0.29, 0.717) is 0 Å². The summed E-state index contributed by atoms with van der Waals surface area (Å²) in [4.78, 5) is 36.7. The lowest BCUT2D eigenvalue weighted by Gasteiger charge is -2.07. The van der Waals surface area contributed by atoms with Crippen molar-refractivity contribution in [3.8, 4) is 0 Å². The van der Waals surface area contributed by atoms with Gasteiger partial charge in [-0.2, -0.15) is 0 Å². The van der Waals surface area contributed by atoms with Crippen molar-refractivity contribution in [2.24, 2.45) is 0 Å². The molecule has 0 amide bonds. The number of hydrogen-bond donors (Lipinski definition) is 1. The molecule has 0 unspecified atom stereocenters. The number of H-pyrrole nitrogens is 1. The zero-order valence-corrected chi connectivity index (χ0v) is 25.8. The summed E-state index contributed by atoms with van der Waals surface area (Å²) in [6.07, 6.45) is 4.60. The minimum atomic E-state index is -0.0521. The Morgan fingerprint density at radius 2 is 0.884 bits per heavy atom. The number of nitrogens with zero attached hydrogens (tertiary/aromatic N) is 2. The number of para-hydroxylation sites is 3. The fourth-order valence-corrected chi connectivity index (χ4v) is 4.49. The van der Waals surface area contributed by atoms with Gasteiger partial charge >= 0.3 is 0 Å². The van der Waals surface area contributed by atoms with Crippen LogP contribution >= 0.6 is 0 Å². The van der Waals surface area contributed by atoms with Crippen LogP contribution in [0.15, 0.2) is 124 Å². The molecule has 0 saturated heterocycles. The Labute approximate surface area is 253 Å². The van der Waals surface area contributed by atoms with Crippen LogP contribution in [-0.4, -0.2) is 14.1 Å². The van der Waals surface area contributed by atoms with Gasteiger partial charge in [-0.05, 0) is 65.4 Å². The average Bonchev–Trinajstić information content (AvgIpc) is 3.04. The van der Waals surface area contributed by atoms with Crippen LogP contribution in [0.3, 0.4) is 0 Å². The number of rotatable bonds is 5. The molecule has 0 aliphatic heterocycles. The third kappa shape index (κ3) is 9.40. The van der Waals surface area contributed by atoms with E-state index in [2.05, 4.69) is 32.7 Å². The van der Waals surface area contributed by atoms with E-state index in [1.165, 1.54) is 18.9 Å². The van der Waals surface area contributed by atoms with Crippen molar-refractivity contribution in [2.75, 3.05) is 0 Å². The molecule has 224 valence electrons. The molecule has 3 aromatic carbocycles. The number of unbranched alkanes of at least 4 members (excludes halogenated alkanes) is 1. The second-order valence-electron chi connectivity index (χ2n) is 10.2. The first-order chi connectivity index (χ1) is 20.9. The van der Waals surface area contributed by atoms with Crippen molar-refractivity contribution >= 4 is 32.7 Å². The van der Waals surface area contributed by atoms with Crippen molar-refractivity contribution in [3.05, 3.63) is 140 Å². The van der Waals surface area contributed by atoms with Gasteiger partial charge in [-0.15, -0.1) is 0 Å². The lowest BCUT2D eigenvalue weighted by molar-refractivity contribution is 0.678.